The SMILES string of the molecule is CCCNC(=O)/C(=C\c1cn(C)c2ccccc12)NC(=O)c1ccccc1OC. The Kier molecular flexibility index (Phi) is 6.34. The van der Waals surface area contributed by atoms with Crippen LogP contribution in [0.3, 0.4) is 0 Å². The van der Waals surface area contributed by atoms with Crippen molar-refractivity contribution in [1.29, 1.82) is 0 Å². The zero-order chi connectivity index (χ0) is 20.8. The second-order valence-electron chi connectivity index (χ2n) is 6.68. The molecule has 0 atom stereocenters. The minimum atomic E-state index is -0.402. The number of carbonyl (C=O) groups excluding carboxylic acids is 2. The highest BCUT2D eigenvalue weighted by molar-refractivity contribution is 6.07. The summed E-state index contributed by atoms with van der Waals surface area (Å²) in [6, 6.07) is 14.8. The first-order valence-corrected chi connectivity index (χ1v) is 9.53. The van der Waals surface area contributed by atoms with Gasteiger partial charge in [0.05, 0.1) is 12.7 Å². The highest BCUT2D eigenvalue weighted by Crippen LogP contribution is 2.23. The van der Waals surface area contributed by atoms with Crippen molar-refractivity contribution < 1.29 is 14.3 Å². The summed E-state index contributed by atoms with van der Waals surface area (Å²) in [5, 5.41) is 6.60. The number of methoxy groups -OCH3 is 1. The van der Waals surface area contributed by atoms with Crippen LogP contribution in [-0.4, -0.2) is 30.0 Å². The molecule has 1 heterocycles. The van der Waals surface area contributed by atoms with E-state index in [9.17, 15) is 9.59 Å². The number of aromatic nitrogens is 1. The van der Waals surface area contributed by atoms with Crippen LogP contribution in [0.25, 0.3) is 17.0 Å². The molecule has 0 spiro atoms. The van der Waals surface area contributed by atoms with Crippen LogP contribution < -0.4 is 15.4 Å². The van der Waals surface area contributed by atoms with E-state index in [1.54, 1.807) is 30.3 Å². The minimum absolute atomic E-state index is 0.186. The molecule has 3 rings (SSSR count). The summed E-state index contributed by atoms with van der Waals surface area (Å²) in [4.78, 5) is 25.6. The van der Waals surface area contributed by atoms with E-state index in [-0.39, 0.29) is 11.6 Å². The molecule has 150 valence electrons. The first-order chi connectivity index (χ1) is 14.0. The van der Waals surface area contributed by atoms with Crippen LogP contribution in [0.4, 0.5) is 0 Å². The molecule has 0 bridgehead atoms. The van der Waals surface area contributed by atoms with Gasteiger partial charge in [-0.3, -0.25) is 9.59 Å². The molecule has 2 aromatic carbocycles. The Balaban J connectivity index is 1.99. The largest absolute Gasteiger partial charge is 0.496 e. The third-order valence-corrected chi connectivity index (χ3v) is 4.61. The topological polar surface area (TPSA) is 72.4 Å². The Morgan fingerprint density at radius 3 is 2.59 bits per heavy atom. The first-order valence-electron chi connectivity index (χ1n) is 9.53. The van der Waals surface area contributed by atoms with Crippen molar-refractivity contribution in [1.82, 2.24) is 15.2 Å². The molecular weight excluding hydrogens is 366 g/mol. The molecule has 0 aliphatic rings. The van der Waals surface area contributed by atoms with Gasteiger partial charge in [-0.25, -0.2) is 0 Å². The molecule has 0 saturated carbocycles. The van der Waals surface area contributed by atoms with Gasteiger partial charge in [0.15, 0.2) is 0 Å². The van der Waals surface area contributed by atoms with E-state index in [0.29, 0.717) is 17.9 Å². The Labute approximate surface area is 170 Å². The quantitative estimate of drug-likeness (QED) is 0.606. The van der Waals surface area contributed by atoms with Gasteiger partial charge >= 0.3 is 0 Å². The summed E-state index contributed by atoms with van der Waals surface area (Å²) in [7, 11) is 3.46. The lowest BCUT2D eigenvalue weighted by molar-refractivity contribution is -0.117. The number of rotatable bonds is 7. The predicted molar refractivity (Wildman–Crippen MR) is 115 cm³/mol. The van der Waals surface area contributed by atoms with Gasteiger partial charge in [0, 0.05) is 36.3 Å². The summed E-state index contributed by atoms with van der Waals surface area (Å²) in [6.07, 6.45) is 4.45. The van der Waals surface area contributed by atoms with E-state index in [0.717, 1.165) is 22.9 Å². The Bertz CT molecular complexity index is 1070. The van der Waals surface area contributed by atoms with Crippen LogP contribution in [0.15, 0.2) is 60.4 Å². The molecule has 1 aromatic heterocycles. The van der Waals surface area contributed by atoms with Crippen molar-refractivity contribution in [3.8, 4) is 5.75 Å². The van der Waals surface area contributed by atoms with Crippen molar-refractivity contribution in [2.45, 2.75) is 13.3 Å². The van der Waals surface area contributed by atoms with Crippen LogP contribution in [0, 0.1) is 0 Å². The molecule has 6 heteroatoms. The third kappa shape index (κ3) is 4.48. The summed E-state index contributed by atoms with van der Waals surface area (Å²) in [6.45, 7) is 2.50. The van der Waals surface area contributed by atoms with Crippen LogP contribution in [0.2, 0.25) is 0 Å². The zero-order valence-corrected chi connectivity index (χ0v) is 16.9. The summed E-state index contributed by atoms with van der Waals surface area (Å²) in [5.74, 6) is -0.285. The first kappa shape index (κ1) is 20.2. The number of nitrogens with one attached hydrogen (secondary N) is 2. The zero-order valence-electron chi connectivity index (χ0n) is 16.9. The fourth-order valence-corrected chi connectivity index (χ4v) is 3.16. The second kappa shape index (κ2) is 9.10. The molecule has 6 nitrogen and oxygen atoms in total. The molecule has 0 aliphatic carbocycles. The fourth-order valence-electron chi connectivity index (χ4n) is 3.16. The number of fused-ring (bicyclic) bond motifs is 1. The van der Waals surface area contributed by atoms with Crippen LogP contribution in [0.5, 0.6) is 5.75 Å². The van der Waals surface area contributed by atoms with Crippen molar-refractivity contribution in [3.63, 3.8) is 0 Å². The number of carbonyl (C=O) groups is 2. The van der Waals surface area contributed by atoms with Gasteiger partial charge in [-0.05, 0) is 30.7 Å². The standard InChI is InChI=1S/C23H25N3O3/c1-4-13-24-23(28)19(25-22(27)18-10-6-8-12-21(18)29-3)14-16-15-26(2)20-11-7-5-9-17(16)20/h5-12,14-15H,4,13H2,1-3H3,(H,24,28)(H,25,27)/b19-14+. The summed E-state index contributed by atoms with van der Waals surface area (Å²) >= 11 is 0. The molecular formula is C23H25N3O3. The maximum Gasteiger partial charge on any atom is 0.267 e. The molecule has 2 N–H and O–H groups in total. The number of benzene rings is 2. The van der Waals surface area contributed by atoms with E-state index >= 15 is 0 Å². The maximum atomic E-state index is 12.9. The number of hydrogen-bond donors (Lipinski definition) is 2. The van der Waals surface area contributed by atoms with Gasteiger partial charge in [0.2, 0.25) is 0 Å². The fraction of sp³-hybridized carbons (Fsp3) is 0.217. The van der Waals surface area contributed by atoms with E-state index in [2.05, 4.69) is 10.6 Å². The lowest BCUT2D eigenvalue weighted by Crippen LogP contribution is -2.35. The van der Waals surface area contributed by atoms with Crippen molar-refractivity contribution >= 4 is 28.8 Å². The molecule has 29 heavy (non-hydrogen) atoms. The molecule has 2 amide bonds. The monoisotopic (exact) mass is 391 g/mol. The van der Waals surface area contributed by atoms with Gasteiger partial charge in [0.25, 0.3) is 11.8 Å². The smallest absolute Gasteiger partial charge is 0.267 e. The average Bonchev–Trinajstić information content (AvgIpc) is 3.07. The van der Waals surface area contributed by atoms with E-state index in [4.69, 9.17) is 4.74 Å². The van der Waals surface area contributed by atoms with Crippen molar-refractivity contribution in [2.75, 3.05) is 13.7 Å². The molecule has 0 unspecified atom stereocenters. The lowest BCUT2D eigenvalue weighted by atomic mass is 10.1. The van der Waals surface area contributed by atoms with Crippen LogP contribution >= 0.6 is 0 Å². The average molecular weight is 391 g/mol. The van der Waals surface area contributed by atoms with Gasteiger partial charge in [-0.15, -0.1) is 0 Å². The van der Waals surface area contributed by atoms with Gasteiger partial charge in [-0.2, -0.15) is 0 Å². The van der Waals surface area contributed by atoms with E-state index in [1.807, 2.05) is 49.0 Å². The summed E-state index contributed by atoms with van der Waals surface area (Å²) < 4.78 is 7.26. The predicted octanol–water partition coefficient (Wildman–Crippen LogP) is 3.48. The number of para-hydroxylation sites is 2. The van der Waals surface area contributed by atoms with Gasteiger partial charge < -0.3 is 19.9 Å². The minimum Gasteiger partial charge on any atom is -0.496 e. The van der Waals surface area contributed by atoms with E-state index in [1.165, 1.54) is 7.11 Å². The maximum absolute atomic E-state index is 12.9. The van der Waals surface area contributed by atoms with Gasteiger partial charge in [-0.1, -0.05) is 37.3 Å². The van der Waals surface area contributed by atoms with Crippen molar-refractivity contribution in [2.24, 2.45) is 7.05 Å². The van der Waals surface area contributed by atoms with Crippen molar-refractivity contribution in [3.05, 3.63) is 71.6 Å². The van der Waals surface area contributed by atoms with Gasteiger partial charge in [0.1, 0.15) is 11.4 Å². The summed E-state index contributed by atoms with van der Waals surface area (Å²) in [5.41, 5.74) is 2.45. The molecule has 0 aliphatic heterocycles. The highest BCUT2D eigenvalue weighted by Gasteiger charge is 2.18. The molecule has 0 saturated heterocycles. The number of aryl methyl sites for hydroxylation is 1. The number of ether oxygens (including phenoxy) is 1. The Hall–Kier alpha value is -3.54. The number of nitrogens with zero attached hydrogens (tertiary/aromatic N) is 1. The third-order valence-electron chi connectivity index (χ3n) is 4.61. The lowest BCUT2D eigenvalue weighted by Gasteiger charge is -2.12. The normalized spacial score (nSPS) is 11.3. The second-order valence-corrected chi connectivity index (χ2v) is 6.68. The molecule has 3 aromatic rings. The molecule has 0 radical (unpaired) electrons. The number of amides is 2. The van der Waals surface area contributed by atoms with Crippen LogP contribution in [0.1, 0.15) is 29.3 Å². The van der Waals surface area contributed by atoms with E-state index < -0.39 is 5.91 Å². The Morgan fingerprint density at radius 2 is 1.83 bits per heavy atom. The highest BCUT2D eigenvalue weighted by atomic mass is 16.5. The Morgan fingerprint density at radius 1 is 1.10 bits per heavy atom. The number of hydrogen-bond acceptors (Lipinski definition) is 3. The van der Waals surface area contributed by atoms with Crippen LogP contribution in [-0.2, 0) is 11.8 Å². The molecule has 0 fully saturated rings.